The van der Waals surface area contributed by atoms with E-state index < -0.39 is 0 Å². The molecule has 2 fully saturated rings. The van der Waals surface area contributed by atoms with Crippen LogP contribution in [0.15, 0.2) is 65.6 Å². The van der Waals surface area contributed by atoms with Crippen molar-refractivity contribution in [1.82, 2.24) is 0 Å². The highest BCUT2D eigenvalue weighted by molar-refractivity contribution is 8.01. The molecule has 0 N–H and O–H groups in total. The van der Waals surface area contributed by atoms with Gasteiger partial charge in [-0.2, -0.15) is 0 Å². The lowest BCUT2D eigenvalue weighted by Crippen LogP contribution is -2.66. The lowest BCUT2D eigenvalue weighted by Gasteiger charge is -2.54. The number of hydrogen-bond acceptors (Lipinski definition) is 3. The van der Waals surface area contributed by atoms with Crippen LogP contribution in [0.25, 0.3) is 0 Å². The third kappa shape index (κ3) is 2.11. The Morgan fingerprint density at radius 1 is 1.00 bits per heavy atom. The van der Waals surface area contributed by atoms with Crippen molar-refractivity contribution in [3.63, 3.8) is 0 Å². The molecule has 0 spiro atoms. The van der Waals surface area contributed by atoms with Gasteiger partial charge in [-0.25, -0.2) is 0 Å². The number of fused-ring (bicyclic) bond motifs is 1. The van der Waals surface area contributed by atoms with E-state index in [4.69, 9.17) is 4.74 Å². The Bertz CT molecular complexity index is 670. The monoisotopic (exact) mass is 310 g/mol. The Balaban J connectivity index is 1.65. The molecule has 3 atom stereocenters. The van der Waals surface area contributed by atoms with Crippen LogP contribution in [-0.2, 0) is 9.53 Å². The standard InChI is InChI=1S/C19H18O2S/c20-17-16(14-8-3-1-4-9-14)18-19(17,12-7-13-21-18)22-15-10-5-2-6-11-15/h1-6,8-11,16,18H,7,12-13H2. The smallest absolute Gasteiger partial charge is 0.162 e. The minimum absolute atomic E-state index is 0.00126. The van der Waals surface area contributed by atoms with Crippen LogP contribution < -0.4 is 0 Å². The summed E-state index contributed by atoms with van der Waals surface area (Å²) in [5.41, 5.74) is 1.09. The molecule has 2 nitrogen and oxygen atoms in total. The fourth-order valence-electron chi connectivity index (χ4n) is 3.60. The van der Waals surface area contributed by atoms with E-state index in [9.17, 15) is 4.79 Å². The second kappa shape index (κ2) is 5.56. The molecule has 0 amide bonds. The van der Waals surface area contributed by atoms with Crippen molar-refractivity contribution in [2.24, 2.45) is 0 Å². The van der Waals surface area contributed by atoms with E-state index >= 15 is 0 Å². The minimum atomic E-state index is -0.389. The Labute approximate surface area is 134 Å². The van der Waals surface area contributed by atoms with E-state index in [1.54, 1.807) is 11.8 Å². The summed E-state index contributed by atoms with van der Waals surface area (Å²) in [5, 5.41) is 0. The molecule has 1 aliphatic carbocycles. The zero-order chi connectivity index (χ0) is 15.0. The molecule has 112 valence electrons. The van der Waals surface area contributed by atoms with Gasteiger partial charge in [0.25, 0.3) is 0 Å². The molecule has 1 saturated heterocycles. The SMILES string of the molecule is O=C1C(c2ccccc2)C2OCCCC12Sc1ccccc1. The predicted molar refractivity (Wildman–Crippen MR) is 88.2 cm³/mol. The molecular weight excluding hydrogens is 292 g/mol. The Hall–Kier alpha value is -1.58. The molecule has 1 saturated carbocycles. The number of rotatable bonds is 3. The van der Waals surface area contributed by atoms with E-state index in [1.165, 1.54) is 0 Å². The number of hydrogen-bond donors (Lipinski definition) is 0. The number of benzene rings is 2. The molecule has 2 aromatic carbocycles. The molecule has 3 heteroatoms. The van der Waals surface area contributed by atoms with E-state index in [0.717, 1.165) is 29.9 Å². The van der Waals surface area contributed by atoms with Crippen LogP contribution in [0.5, 0.6) is 0 Å². The highest BCUT2D eigenvalue weighted by Crippen LogP contribution is 2.57. The first kappa shape index (κ1) is 14.0. The van der Waals surface area contributed by atoms with Crippen LogP contribution in [0, 0.1) is 0 Å². The lowest BCUT2D eigenvalue weighted by molar-refractivity contribution is -0.152. The van der Waals surface area contributed by atoms with Crippen LogP contribution in [-0.4, -0.2) is 23.2 Å². The molecule has 0 radical (unpaired) electrons. The number of ketones is 1. The van der Waals surface area contributed by atoms with Crippen molar-refractivity contribution < 1.29 is 9.53 Å². The molecule has 2 aliphatic rings. The van der Waals surface area contributed by atoms with Gasteiger partial charge in [0.1, 0.15) is 4.75 Å². The van der Waals surface area contributed by atoms with Crippen LogP contribution >= 0.6 is 11.8 Å². The topological polar surface area (TPSA) is 26.3 Å². The average molecular weight is 310 g/mol. The molecule has 3 unspecified atom stereocenters. The van der Waals surface area contributed by atoms with E-state index in [1.807, 2.05) is 48.5 Å². The fraction of sp³-hybridized carbons (Fsp3) is 0.316. The second-order valence-corrected chi connectivity index (χ2v) is 7.36. The van der Waals surface area contributed by atoms with Crippen molar-refractivity contribution in [3.05, 3.63) is 66.2 Å². The molecular formula is C19H18O2S. The van der Waals surface area contributed by atoms with Gasteiger partial charge in [0, 0.05) is 11.5 Å². The highest BCUT2D eigenvalue weighted by atomic mass is 32.2. The zero-order valence-electron chi connectivity index (χ0n) is 12.3. The van der Waals surface area contributed by atoms with E-state index in [2.05, 4.69) is 12.1 Å². The molecule has 0 aromatic heterocycles. The van der Waals surface area contributed by atoms with Gasteiger partial charge in [-0.05, 0) is 30.5 Å². The number of carbonyl (C=O) groups excluding carboxylic acids is 1. The third-order valence-corrected chi connectivity index (χ3v) is 6.16. The summed E-state index contributed by atoms with van der Waals surface area (Å²) in [6.45, 7) is 0.762. The van der Waals surface area contributed by atoms with Gasteiger partial charge in [0.05, 0.1) is 12.0 Å². The largest absolute Gasteiger partial charge is 0.375 e. The van der Waals surface area contributed by atoms with Gasteiger partial charge < -0.3 is 4.74 Å². The van der Waals surface area contributed by atoms with Gasteiger partial charge in [0.2, 0.25) is 0 Å². The first-order valence-electron chi connectivity index (χ1n) is 7.76. The summed E-state index contributed by atoms with van der Waals surface area (Å²) in [4.78, 5) is 14.2. The summed E-state index contributed by atoms with van der Waals surface area (Å²) < 4.78 is 5.66. The van der Waals surface area contributed by atoms with Crippen LogP contribution in [0.2, 0.25) is 0 Å². The van der Waals surface area contributed by atoms with Crippen LogP contribution in [0.1, 0.15) is 24.3 Å². The molecule has 1 aliphatic heterocycles. The molecule has 2 aromatic rings. The Morgan fingerprint density at radius 2 is 1.68 bits per heavy atom. The molecule has 22 heavy (non-hydrogen) atoms. The number of ether oxygens (including phenoxy) is 1. The van der Waals surface area contributed by atoms with Gasteiger partial charge in [-0.15, -0.1) is 11.8 Å². The van der Waals surface area contributed by atoms with Crippen molar-refractivity contribution >= 4 is 17.5 Å². The van der Waals surface area contributed by atoms with Crippen molar-refractivity contribution in [3.8, 4) is 0 Å². The highest BCUT2D eigenvalue weighted by Gasteiger charge is 2.64. The number of carbonyl (C=O) groups is 1. The quantitative estimate of drug-likeness (QED) is 0.855. The van der Waals surface area contributed by atoms with Gasteiger partial charge in [-0.3, -0.25) is 4.79 Å². The maximum absolute atomic E-state index is 13.0. The minimum Gasteiger partial charge on any atom is -0.375 e. The van der Waals surface area contributed by atoms with Gasteiger partial charge >= 0.3 is 0 Å². The molecule has 1 heterocycles. The summed E-state index contributed by atoms with van der Waals surface area (Å²) >= 11 is 1.69. The van der Waals surface area contributed by atoms with Crippen molar-refractivity contribution in [1.29, 1.82) is 0 Å². The van der Waals surface area contributed by atoms with Gasteiger partial charge in [-0.1, -0.05) is 48.5 Å². The summed E-state index contributed by atoms with van der Waals surface area (Å²) in [7, 11) is 0. The molecule has 4 rings (SSSR count). The first-order chi connectivity index (χ1) is 10.8. The Morgan fingerprint density at radius 3 is 2.41 bits per heavy atom. The van der Waals surface area contributed by atoms with E-state index in [0.29, 0.717) is 5.78 Å². The van der Waals surface area contributed by atoms with Crippen molar-refractivity contribution in [2.75, 3.05) is 6.61 Å². The summed E-state index contributed by atoms with van der Waals surface area (Å²) in [6, 6.07) is 20.3. The molecule has 0 bridgehead atoms. The Kier molecular flexibility index (Phi) is 3.55. The third-order valence-electron chi connectivity index (χ3n) is 4.65. The average Bonchev–Trinajstić information content (AvgIpc) is 2.58. The van der Waals surface area contributed by atoms with Crippen LogP contribution in [0.3, 0.4) is 0 Å². The maximum Gasteiger partial charge on any atom is 0.162 e. The summed E-state index contributed by atoms with van der Waals surface area (Å²) in [6.07, 6.45) is 1.88. The zero-order valence-corrected chi connectivity index (χ0v) is 13.1. The number of thioether (sulfide) groups is 1. The lowest BCUT2D eigenvalue weighted by atomic mass is 9.63. The first-order valence-corrected chi connectivity index (χ1v) is 8.58. The number of Topliss-reactive ketones (excluding diaryl/α,β-unsaturated/α-hetero) is 1. The fourth-order valence-corrected chi connectivity index (χ4v) is 5.11. The van der Waals surface area contributed by atoms with Gasteiger partial charge in [0.15, 0.2) is 5.78 Å². The van der Waals surface area contributed by atoms with Crippen LogP contribution in [0.4, 0.5) is 0 Å². The predicted octanol–water partition coefficient (Wildman–Crippen LogP) is 4.06. The normalized spacial score (nSPS) is 30.5. The van der Waals surface area contributed by atoms with Crippen molar-refractivity contribution in [2.45, 2.75) is 34.5 Å². The second-order valence-electron chi connectivity index (χ2n) is 5.95. The summed E-state index contributed by atoms with van der Waals surface area (Å²) in [5.74, 6) is 0.231. The van der Waals surface area contributed by atoms with E-state index in [-0.39, 0.29) is 16.8 Å². The maximum atomic E-state index is 13.0.